The summed E-state index contributed by atoms with van der Waals surface area (Å²) in [5.74, 6) is 0.138. The fraction of sp³-hybridized carbons (Fsp3) is 0.889. The number of carbonyl (C=O) groups excluding carboxylic acids is 1. The Morgan fingerprint density at radius 1 is 1.69 bits per heavy atom. The zero-order valence-electron chi connectivity index (χ0n) is 8.47. The fourth-order valence-corrected chi connectivity index (χ4v) is 1.45. The van der Waals surface area contributed by atoms with E-state index in [9.17, 15) is 4.79 Å². The molecule has 0 aromatic rings. The van der Waals surface area contributed by atoms with Gasteiger partial charge in [-0.05, 0) is 7.05 Å². The summed E-state index contributed by atoms with van der Waals surface area (Å²) < 4.78 is 0. The van der Waals surface area contributed by atoms with Crippen LogP contribution < -0.4 is 10.6 Å². The van der Waals surface area contributed by atoms with Crippen LogP contribution >= 0.6 is 0 Å². The first kappa shape index (κ1) is 10.5. The SMILES string of the molecule is CCC(=O)NCC1CNCCN1C. The van der Waals surface area contributed by atoms with Crippen molar-refractivity contribution in [3.63, 3.8) is 0 Å². The Morgan fingerprint density at radius 2 is 2.46 bits per heavy atom. The topological polar surface area (TPSA) is 44.4 Å². The Morgan fingerprint density at radius 3 is 3.08 bits per heavy atom. The lowest BCUT2D eigenvalue weighted by Gasteiger charge is -2.33. The number of carbonyl (C=O) groups is 1. The first-order chi connectivity index (χ1) is 6.24. The lowest BCUT2D eigenvalue weighted by Crippen LogP contribution is -2.53. The van der Waals surface area contributed by atoms with Crippen molar-refractivity contribution >= 4 is 5.91 Å². The van der Waals surface area contributed by atoms with Crippen LogP contribution in [0.5, 0.6) is 0 Å². The Labute approximate surface area is 79.7 Å². The van der Waals surface area contributed by atoms with Crippen molar-refractivity contribution < 1.29 is 4.79 Å². The number of rotatable bonds is 3. The molecule has 1 atom stereocenters. The van der Waals surface area contributed by atoms with Crippen LogP contribution in [0.1, 0.15) is 13.3 Å². The molecule has 1 rings (SSSR count). The Balaban J connectivity index is 2.22. The maximum absolute atomic E-state index is 11.0. The maximum Gasteiger partial charge on any atom is 0.219 e. The van der Waals surface area contributed by atoms with Crippen LogP contribution in [0.2, 0.25) is 0 Å². The van der Waals surface area contributed by atoms with Crippen molar-refractivity contribution in [2.45, 2.75) is 19.4 Å². The van der Waals surface area contributed by atoms with E-state index in [1.807, 2.05) is 6.92 Å². The second-order valence-corrected chi connectivity index (χ2v) is 3.50. The lowest BCUT2D eigenvalue weighted by molar-refractivity contribution is -0.121. The van der Waals surface area contributed by atoms with Gasteiger partial charge in [-0.2, -0.15) is 0 Å². The van der Waals surface area contributed by atoms with Crippen LogP contribution in [-0.2, 0) is 4.79 Å². The predicted octanol–water partition coefficient (Wildman–Crippen LogP) is -0.584. The fourth-order valence-electron chi connectivity index (χ4n) is 1.45. The van der Waals surface area contributed by atoms with Gasteiger partial charge < -0.3 is 10.6 Å². The van der Waals surface area contributed by atoms with Gasteiger partial charge in [-0.15, -0.1) is 0 Å². The molecule has 0 aliphatic carbocycles. The minimum atomic E-state index is 0.138. The zero-order valence-corrected chi connectivity index (χ0v) is 8.47. The van der Waals surface area contributed by atoms with Crippen LogP contribution in [0.3, 0.4) is 0 Å². The summed E-state index contributed by atoms with van der Waals surface area (Å²) in [5.41, 5.74) is 0. The number of nitrogens with one attached hydrogen (secondary N) is 2. The molecule has 1 aliphatic rings. The molecule has 76 valence electrons. The molecule has 1 saturated heterocycles. The molecule has 0 radical (unpaired) electrons. The number of amides is 1. The molecule has 1 amide bonds. The minimum Gasteiger partial charge on any atom is -0.354 e. The van der Waals surface area contributed by atoms with Gasteiger partial charge in [0, 0.05) is 38.6 Å². The molecule has 13 heavy (non-hydrogen) atoms. The Bertz CT molecular complexity index is 172. The summed E-state index contributed by atoms with van der Waals surface area (Å²) in [5, 5.41) is 6.23. The summed E-state index contributed by atoms with van der Waals surface area (Å²) >= 11 is 0. The number of hydrogen-bond acceptors (Lipinski definition) is 3. The number of likely N-dealkylation sites (N-methyl/N-ethyl adjacent to an activating group) is 1. The Hall–Kier alpha value is -0.610. The van der Waals surface area contributed by atoms with Gasteiger partial charge in [-0.1, -0.05) is 6.92 Å². The molecule has 1 fully saturated rings. The molecular formula is C9H19N3O. The maximum atomic E-state index is 11.0. The van der Waals surface area contributed by atoms with Gasteiger partial charge in [0.1, 0.15) is 0 Å². The molecule has 0 saturated carbocycles. The minimum absolute atomic E-state index is 0.138. The van der Waals surface area contributed by atoms with Gasteiger partial charge in [0.05, 0.1) is 0 Å². The van der Waals surface area contributed by atoms with Crippen LogP contribution in [-0.4, -0.2) is 50.1 Å². The highest BCUT2D eigenvalue weighted by Gasteiger charge is 2.18. The molecule has 0 aromatic heterocycles. The van der Waals surface area contributed by atoms with Crippen LogP contribution in [0.25, 0.3) is 0 Å². The average molecular weight is 185 g/mol. The molecule has 0 bridgehead atoms. The summed E-state index contributed by atoms with van der Waals surface area (Å²) in [6, 6.07) is 0.448. The van der Waals surface area contributed by atoms with Gasteiger partial charge in [0.2, 0.25) is 5.91 Å². The highest BCUT2D eigenvalue weighted by atomic mass is 16.1. The molecule has 4 nitrogen and oxygen atoms in total. The van der Waals surface area contributed by atoms with Crippen molar-refractivity contribution in [3.8, 4) is 0 Å². The molecule has 1 unspecified atom stereocenters. The zero-order chi connectivity index (χ0) is 9.68. The van der Waals surface area contributed by atoms with Crippen LogP contribution in [0, 0.1) is 0 Å². The number of piperazine rings is 1. The van der Waals surface area contributed by atoms with Crippen molar-refractivity contribution in [2.75, 3.05) is 33.2 Å². The standard InChI is InChI=1S/C9H19N3O/c1-3-9(13)11-7-8-6-10-4-5-12(8)2/h8,10H,3-7H2,1-2H3,(H,11,13). The van der Waals surface area contributed by atoms with Crippen molar-refractivity contribution in [1.82, 2.24) is 15.5 Å². The van der Waals surface area contributed by atoms with E-state index in [0.717, 1.165) is 26.2 Å². The van der Waals surface area contributed by atoms with Crippen molar-refractivity contribution in [2.24, 2.45) is 0 Å². The van der Waals surface area contributed by atoms with Gasteiger partial charge in [0.25, 0.3) is 0 Å². The summed E-state index contributed by atoms with van der Waals surface area (Å²) in [7, 11) is 2.10. The third-order valence-corrected chi connectivity index (χ3v) is 2.50. The monoisotopic (exact) mass is 185 g/mol. The quantitative estimate of drug-likeness (QED) is 0.618. The van der Waals surface area contributed by atoms with E-state index in [0.29, 0.717) is 12.5 Å². The normalized spacial score (nSPS) is 24.3. The van der Waals surface area contributed by atoms with Gasteiger partial charge in [-0.25, -0.2) is 0 Å². The summed E-state index contributed by atoms with van der Waals surface area (Å²) in [6.45, 7) is 5.72. The Kier molecular flexibility index (Phi) is 4.18. The first-order valence-corrected chi connectivity index (χ1v) is 4.91. The van der Waals surface area contributed by atoms with E-state index in [1.165, 1.54) is 0 Å². The highest BCUT2D eigenvalue weighted by molar-refractivity contribution is 5.75. The molecule has 0 aromatic carbocycles. The van der Waals surface area contributed by atoms with E-state index in [1.54, 1.807) is 0 Å². The van der Waals surface area contributed by atoms with E-state index >= 15 is 0 Å². The first-order valence-electron chi connectivity index (χ1n) is 4.91. The van der Waals surface area contributed by atoms with Crippen molar-refractivity contribution in [3.05, 3.63) is 0 Å². The largest absolute Gasteiger partial charge is 0.354 e. The molecule has 1 heterocycles. The summed E-state index contributed by atoms with van der Waals surface area (Å²) in [4.78, 5) is 13.3. The molecule has 2 N–H and O–H groups in total. The molecule has 4 heteroatoms. The molecular weight excluding hydrogens is 166 g/mol. The second-order valence-electron chi connectivity index (χ2n) is 3.50. The van der Waals surface area contributed by atoms with Crippen molar-refractivity contribution in [1.29, 1.82) is 0 Å². The lowest BCUT2D eigenvalue weighted by atomic mass is 10.2. The van der Waals surface area contributed by atoms with Gasteiger partial charge in [-0.3, -0.25) is 9.69 Å². The third kappa shape index (κ3) is 3.32. The van der Waals surface area contributed by atoms with E-state index < -0.39 is 0 Å². The predicted molar refractivity (Wildman–Crippen MR) is 52.6 cm³/mol. The molecule has 0 spiro atoms. The van der Waals surface area contributed by atoms with E-state index in [2.05, 4.69) is 22.6 Å². The van der Waals surface area contributed by atoms with E-state index in [-0.39, 0.29) is 5.91 Å². The number of nitrogens with zero attached hydrogens (tertiary/aromatic N) is 1. The van der Waals surface area contributed by atoms with Crippen LogP contribution in [0.4, 0.5) is 0 Å². The smallest absolute Gasteiger partial charge is 0.219 e. The third-order valence-electron chi connectivity index (χ3n) is 2.50. The van der Waals surface area contributed by atoms with Gasteiger partial charge >= 0.3 is 0 Å². The van der Waals surface area contributed by atoms with Crippen LogP contribution in [0.15, 0.2) is 0 Å². The number of hydrogen-bond donors (Lipinski definition) is 2. The summed E-state index contributed by atoms with van der Waals surface area (Å²) in [6.07, 6.45) is 0.573. The second kappa shape index (κ2) is 5.19. The van der Waals surface area contributed by atoms with Gasteiger partial charge in [0.15, 0.2) is 0 Å². The average Bonchev–Trinajstić information content (AvgIpc) is 2.16. The van der Waals surface area contributed by atoms with E-state index in [4.69, 9.17) is 0 Å². The highest BCUT2D eigenvalue weighted by Crippen LogP contribution is 1.97. The molecule has 1 aliphatic heterocycles.